The van der Waals surface area contributed by atoms with Crippen molar-refractivity contribution in [3.05, 3.63) is 65.2 Å². The zero-order chi connectivity index (χ0) is 19.5. The number of hydrogen-bond acceptors (Lipinski definition) is 7. The molecule has 0 radical (unpaired) electrons. The van der Waals surface area contributed by atoms with E-state index in [0.29, 0.717) is 29.4 Å². The molecule has 9 heteroatoms. The number of amides is 2. The maximum atomic E-state index is 12.4. The van der Waals surface area contributed by atoms with Gasteiger partial charge in [0, 0.05) is 24.4 Å². The number of fused-ring (bicyclic) bond motifs is 1. The van der Waals surface area contributed by atoms with Gasteiger partial charge in [-0.1, -0.05) is 11.2 Å². The molecule has 142 valence electrons. The number of pyridine rings is 1. The first-order valence-corrected chi connectivity index (χ1v) is 8.46. The van der Waals surface area contributed by atoms with Crippen LogP contribution in [0, 0.1) is 6.92 Å². The number of rotatable bonds is 5. The van der Waals surface area contributed by atoms with Gasteiger partial charge in [-0.25, -0.2) is 0 Å². The molecule has 0 unspecified atom stereocenters. The van der Waals surface area contributed by atoms with Crippen LogP contribution in [0.4, 0.5) is 5.82 Å². The van der Waals surface area contributed by atoms with E-state index in [4.69, 9.17) is 14.0 Å². The molecule has 0 fully saturated rings. The highest BCUT2D eigenvalue weighted by Gasteiger charge is 2.15. The first-order chi connectivity index (χ1) is 13.6. The van der Waals surface area contributed by atoms with Crippen LogP contribution in [0.2, 0.25) is 0 Å². The van der Waals surface area contributed by atoms with Crippen molar-refractivity contribution in [1.82, 2.24) is 15.5 Å². The molecule has 0 spiro atoms. The normalized spacial score (nSPS) is 11.9. The lowest BCUT2D eigenvalue weighted by molar-refractivity contribution is 0.0950. The zero-order valence-electron chi connectivity index (χ0n) is 14.9. The van der Waals surface area contributed by atoms with Gasteiger partial charge in [-0.2, -0.15) is 0 Å². The molecule has 2 amide bonds. The van der Waals surface area contributed by atoms with Crippen molar-refractivity contribution >= 4 is 17.6 Å². The van der Waals surface area contributed by atoms with Crippen molar-refractivity contribution in [2.45, 2.75) is 13.5 Å². The molecule has 0 saturated carbocycles. The van der Waals surface area contributed by atoms with Crippen LogP contribution in [0.3, 0.4) is 0 Å². The van der Waals surface area contributed by atoms with Gasteiger partial charge in [0.25, 0.3) is 11.8 Å². The van der Waals surface area contributed by atoms with Crippen molar-refractivity contribution in [1.29, 1.82) is 0 Å². The second-order valence-corrected chi connectivity index (χ2v) is 6.08. The molecule has 0 aliphatic carbocycles. The number of hydrogen-bond donors (Lipinski definition) is 2. The molecule has 0 saturated heterocycles. The molecule has 3 aromatic rings. The molecule has 9 nitrogen and oxygen atoms in total. The monoisotopic (exact) mass is 380 g/mol. The van der Waals surface area contributed by atoms with E-state index in [9.17, 15) is 9.59 Å². The average Bonchev–Trinajstić information content (AvgIpc) is 3.34. The maximum absolute atomic E-state index is 12.4. The predicted octanol–water partition coefficient (Wildman–Crippen LogP) is 2.29. The van der Waals surface area contributed by atoms with Gasteiger partial charge in [0.05, 0.1) is 0 Å². The van der Waals surface area contributed by atoms with Crippen LogP contribution in [0.1, 0.15) is 32.2 Å². The van der Waals surface area contributed by atoms with Crippen LogP contribution in [0.25, 0.3) is 0 Å². The number of nitrogens with zero attached hydrogens (tertiary/aromatic N) is 2. The highest BCUT2D eigenvalue weighted by molar-refractivity contribution is 6.04. The number of ether oxygens (including phenoxy) is 2. The molecule has 1 aliphatic rings. The first kappa shape index (κ1) is 17.5. The topological polar surface area (TPSA) is 116 Å². The van der Waals surface area contributed by atoms with E-state index in [1.54, 1.807) is 19.1 Å². The molecule has 28 heavy (non-hydrogen) atoms. The zero-order valence-corrected chi connectivity index (χ0v) is 14.9. The third-order valence-corrected chi connectivity index (χ3v) is 4.01. The molecule has 2 aromatic heterocycles. The second kappa shape index (κ2) is 7.39. The van der Waals surface area contributed by atoms with E-state index in [1.165, 1.54) is 18.3 Å². The average molecular weight is 380 g/mol. The van der Waals surface area contributed by atoms with Crippen LogP contribution >= 0.6 is 0 Å². The van der Waals surface area contributed by atoms with Crippen molar-refractivity contribution < 1.29 is 23.6 Å². The van der Waals surface area contributed by atoms with Crippen LogP contribution < -0.4 is 20.1 Å². The van der Waals surface area contributed by atoms with Crippen molar-refractivity contribution in [3.8, 4) is 11.5 Å². The highest BCUT2D eigenvalue weighted by Crippen LogP contribution is 2.32. The fraction of sp³-hybridized carbons (Fsp3) is 0.158. The Kier molecular flexibility index (Phi) is 4.63. The molecular weight excluding hydrogens is 364 g/mol. The number of aromatic nitrogens is 2. The van der Waals surface area contributed by atoms with Crippen LogP contribution in [0.15, 0.2) is 47.1 Å². The Morgan fingerprint density at radius 3 is 2.75 bits per heavy atom. The molecule has 4 rings (SSSR count). The van der Waals surface area contributed by atoms with Crippen LogP contribution in [0.5, 0.6) is 11.5 Å². The minimum atomic E-state index is -0.487. The van der Waals surface area contributed by atoms with Crippen LogP contribution in [-0.2, 0) is 6.54 Å². The Bertz CT molecular complexity index is 1050. The minimum Gasteiger partial charge on any atom is -0.454 e. The second-order valence-electron chi connectivity index (χ2n) is 6.08. The highest BCUT2D eigenvalue weighted by atomic mass is 16.7. The summed E-state index contributed by atoms with van der Waals surface area (Å²) < 4.78 is 15.5. The van der Waals surface area contributed by atoms with Gasteiger partial charge >= 0.3 is 0 Å². The first-order valence-electron chi connectivity index (χ1n) is 8.46. The summed E-state index contributed by atoms with van der Waals surface area (Å²) in [7, 11) is 0. The molecular formula is C19H16N4O5. The number of aryl methyl sites for hydroxylation is 1. The Labute approximate surface area is 159 Å². The maximum Gasteiger partial charge on any atom is 0.275 e. The van der Waals surface area contributed by atoms with Crippen molar-refractivity contribution in [2.75, 3.05) is 12.1 Å². The van der Waals surface area contributed by atoms with E-state index in [2.05, 4.69) is 20.8 Å². The largest absolute Gasteiger partial charge is 0.454 e. The number of benzene rings is 1. The van der Waals surface area contributed by atoms with Gasteiger partial charge in [0.2, 0.25) is 6.79 Å². The fourth-order valence-corrected chi connectivity index (χ4v) is 2.64. The van der Waals surface area contributed by atoms with E-state index in [1.807, 2.05) is 12.1 Å². The van der Waals surface area contributed by atoms with E-state index >= 15 is 0 Å². The molecule has 1 aliphatic heterocycles. The van der Waals surface area contributed by atoms with E-state index in [0.717, 1.165) is 5.56 Å². The molecule has 0 atom stereocenters. The summed E-state index contributed by atoms with van der Waals surface area (Å²) in [4.78, 5) is 28.7. The van der Waals surface area contributed by atoms with Crippen molar-refractivity contribution in [2.24, 2.45) is 0 Å². The number of carbonyl (C=O) groups excluding carboxylic acids is 2. The lowest BCUT2D eigenvalue weighted by Crippen LogP contribution is -2.23. The van der Waals surface area contributed by atoms with Gasteiger partial charge in [0.15, 0.2) is 17.3 Å². The SMILES string of the molecule is Cc1cc(NC(=O)c2cc(C(=O)NCc3ccc4c(c3)OCO4)ccn2)no1. The molecule has 2 N–H and O–H groups in total. The quantitative estimate of drug-likeness (QED) is 0.698. The molecule has 3 heterocycles. The third-order valence-electron chi connectivity index (χ3n) is 4.01. The lowest BCUT2D eigenvalue weighted by Gasteiger charge is -2.07. The fourth-order valence-electron chi connectivity index (χ4n) is 2.64. The van der Waals surface area contributed by atoms with E-state index in [-0.39, 0.29) is 24.2 Å². The summed E-state index contributed by atoms with van der Waals surface area (Å²) in [5.41, 5.74) is 1.28. The molecule has 1 aromatic carbocycles. The van der Waals surface area contributed by atoms with E-state index < -0.39 is 5.91 Å². The molecule has 0 bridgehead atoms. The Hall–Kier alpha value is -3.88. The number of carbonyl (C=O) groups is 2. The third kappa shape index (κ3) is 3.78. The van der Waals surface area contributed by atoms with Gasteiger partial charge in [-0.3, -0.25) is 14.6 Å². The van der Waals surface area contributed by atoms with Gasteiger partial charge in [-0.05, 0) is 36.8 Å². The summed E-state index contributed by atoms with van der Waals surface area (Å²) in [5, 5.41) is 9.06. The smallest absolute Gasteiger partial charge is 0.275 e. The van der Waals surface area contributed by atoms with Crippen molar-refractivity contribution in [3.63, 3.8) is 0 Å². The number of nitrogens with one attached hydrogen (secondary N) is 2. The summed E-state index contributed by atoms with van der Waals surface area (Å²) in [6.07, 6.45) is 1.40. The van der Waals surface area contributed by atoms with Crippen LogP contribution in [-0.4, -0.2) is 28.7 Å². The Morgan fingerprint density at radius 1 is 1.07 bits per heavy atom. The van der Waals surface area contributed by atoms with Gasteiger partial charge in [0.1, 0.15) is 11.5 Å². The standard InChI is InChI=1S/C19H16N4O5/c1-11-6-17(23-28-11)22-19(25)14-8-13(4-5-20-14)18(24)21-9-12-2-3-15-16(7-12)27-10-26-15/h2-8H,9-10H2,1H3,(H,21,24)(H,22,23,25). The summed E-state index contributed by atoms with van der Waals surface area (Å²) in [6, 6.07) is 9.99. The summed E-state index contributed by atoms with van der Waals surface area (Å²) >= 11 is 0. The summed E-state index contributed by atoms with van der Waals surface area (Å²) in [6.45, 7) is 2.21. The lowest BCUT2D eigenvalue weighted by atomic mass is 10.1. The Balaban J connectivity index is 1.40. The Morgan fingerprint density at radius 2 is 1.93 bits per heavy atom. The minimum absolute atomic E-state index is 0.0939. The van der Waals surface area contributed by atoms with Gasteiger partial charge in [-0.15, -0.1) is 0 Å². The van der Waals surface area contributed by atoms with Gasteiger partial charge < -0.3 is 24.6 Å². The predicted molar refractivity (Wildman–Crippen MR) is 97.2 cm³/mol. The number of anilines is 1. The summed E-state index contributed by atoms with van der Waals surface area (Å²) in [5.74, 6) is 1.37.